The Morgan fingerprint density at radius 3 is 0.839 bits per heavy atom. The zero-order valence-electron chi connectivity index (χ0n) is 59.3. The summed E-state index contributed by atoms with van der Waals surface area (Å²) >= 11 is 0. The van der Waals surface area contributed by atoms with E-state index < -0.39 is 12.1 Å². The van der Waals surface area contributed by atoms with Crippen LogP contribution in [0.5, 0.6) is 0 Å². The predicted octanol–water partition coefficient (Wildman–Crippen LogP) is 26.4. The normalized spacial score (nSPS) is 12.6. The minimum atomic E-state index is -0.840. The highest BCUT2D eigenvalue weighted by molar-refractivity contribution is 5.76. The molecule has 1 amide bonds. The number of carbonyl (C=O) groups is 2. The fraction of sp³-hybridized carbons (Fsp3) is 0.926. The maximum Gasteiger partial charge on any atom is 0.305 e. The van der Waals surface area contributed by atoms with E-state index in [0.29, 0.717) is 19.4 Å². The van der Waals surface area contributed by atoms with Crippen LogP contribution < -0.4 is 5.32 Å². The van der Waals surface area contributed by atoms with Crippen LogP contribution in [0.15, 0.2) is 24.3 Å². The van der Waals surface area contributed by atoms with Crippen LogP contribution >= 0.6 is 0 Å². The molecule has 0 bridgehead atoms. The monoisotopic (exact) mass is 1220 g/mol. The molecule has 0 aliphatic carbocycles. The van der Waals surface area contributed by atoms with Gasteiger partial charge in [0.15, 0.2) is 0 Å². The van der Waals surface area contributed by atoms with Crippen LogP contribution in [-0.2, 0) is 14.3 Å². The molecule has 0 aliphatic rings. The van der Waals surface area contributed by atoms with E-state index in [1.165, 1.54) is 385 Å². The highest BCUT2D eigenvalue weighted by atomic mass is 16.5. The molecule has 0 heterocycles. The van der Waals surface area contributed by atoms with Gasteiger partial charge < -0.3 is 20.3 Å². The Kier molecular flexibility index (Phi) is 75.3. The van der Waals surface area contributed by atoms with Crippen LogP contribution in [-0.4, -0.2) is 47.4 Å². The average Bonchev–Trinajstić information content (AvgIpc) is 3.52. The second kappa shape index (κ2) is 76.8. The maximum absolute atomic E-state index is 12.5. The SMILES string of the molecule is CCCCC/C=C\CCCCCCCC(=O)OCCCCCCCCCCCCCCCCCCCCCCCCCCCCCCCCCCCCCCCCCC(=O)NC(CO)C(O)/C=C/CCCCCCCCCCCCCCCCCCC. The van der Waals surface area contributed by atoms with E-state index in [9.17, 15) is 19.8 Å². The van der Waals surface area contributed by atoms with E-state index in [2.05, 4.69) is 31.3 Å². The lowest BCUT2D eigenvalue weighted by atomic mass is 10.0. The van der Waals surface area contributed by atoms with Gasteiger partial charge in [-0.05, 0) is 57.8 Å². The first-order valence-corrected chi connectivity index (χ1v) is 40.1. The number of hydrogen-bond donors (Lipinski definition) is 3. The zero-order chi connectivity index (χ0) is 62.8. The van der Waals surface area contributed by atoms with E-state index in [-0.39, 0.29) is 18.5 Å². The van der Waals surface area contributed by atoms with Crippen LogP contribution in [0.3, 0.4) is 0 Å². The first-order valence-electron chi connectivity index (χ1n) is 40.1. The summed E-state index contributed by atoms with van der Waals surface area (Å²) < 4.78 is 5.48. The van der Waals surface area contributed by atoms with Crippen molar-refractivity contribution in [3.63, 3.8) is 0 Å². The van der Waals surface area contributed by atoms with Gasteiger partial charge in [-0.2, -0.15) is 0 Å². The maximum atomic E-state index is 12.5. The van der Waals surface area contributed by atoms with Crippen molar-refractivity contribution in [3.8, 4) is 0 Å². The molecule has 0 radical (unpaired) electrons. The van der Waals surface area contributed by atoms with Gasteiger partial charge in [0.2, 0.25) is 5.91 Å². The largest absolute Gasteiger partial charge is 0.466 e. The molecule has 2 atom stereocenters. The summed E-state index contributed by atoms with van der Waals surface area (Å²) in [5.41, 5.74) is 0. The molecule has 3 N–H and O–H groups in total. The smallest absolute Gasteiger partial charge is 0.305 e. The summed E-state index contributed by atoms with van der Waals surface area (Å²) in [4.78, 5) is 24.6. The lowest BCUT2D eigenvalue weighted by Crippen LogP contribution is -2.45. The molecule has 516 valence electrons. The number of nitrogens with one attached hydrogen (secondary N) is 1. The Morgan fingerprint density at radius 1 is 0.310 bits per heavy atom. The summed E-state index contributed by atoms with van der Waals surface area (Å²) in [5, 5.41) is 23.3. The third-order valence-corrected chi connectivity index (χ3v) is 19.0. The molecule has 0 saturated heterocycles. The molecule has 0 saturated carbocycles. The van der Waals surface area contributed by atoms with Crippen LogP contribution in [0.2, 0.25) is 0 Å². The fourth-order valence-electron chi connectivity index (χ4n) is 12.9. The zero-order valence-corrected chi connectivity index (χ0v) is 59.3. The van der Waals surface area contributed by atoms with E-state index >= 15 is 0 Å². The number of ether oxygens (including phenoxy) is 1. The Hall–Kier alpha value is -1.66. The van der Waals surface area contributed by atoms with Crippen molar-refractivity contribution in [3.05, 3.63) is 24.3 Å². The van der Waals surface area contributed by atoms with Crippen molar-refractivity contribution in [2.24, 2.45) is 0 Å². The third-order valence-electron chi connectivity index (χ3n) is 19.0. The summed E-state index contributed by atoms with van der Waals surface area (Å²) in [6, 6.07) is -0.623. The summed E-state index contributed by atoms with van der Waals surface area (Å²) in [6.45, 7) is 4.93. The number of aliphatic hydroxyl groups excluding tert-OH is 2. The number of carbonyl (C=O) groups excluding carboxylic acids is 2. The van der Waals surface area contributed by atoms with Gasteiger partial charge in [0, 0.05) is 12.8 Å². The number of rotatable bonds is 76. The van der Waals surface area contributed by atoms with Crippen LogP contribution in [0.1, 0.15) is 457 Å². The van der Waals surface area contributed by atoms with Crippen LogP contribution in [0, 0.1) is 0 Å². The Balaban J connectivity index is 3.31. The summed E-state index contributed by atoms with van der Waals surface area (Å²) in [7, 11) is 0. The second-order valence-electron chi connectivity index (χ2n) is 27.8. The van der Waals surface area contributed by atoms with E-state index in [4.69, 9.17) is 4.74 Å². The topological polar surface area (TPSA) is 95.9 Å². The van der Waals surface area contributed by atoms with Gasteiger partial charge in [-0.3, -0.25) is 9.59 Å². The lowest BCUT2D eigenvalue weighted by molar-refractivity contribution is -0.143. The number of amides is 1. The van der Waals surface area contributed by atoms with E-state index in [0.717, 1.165) is 44.9 Å². The van der Waals surface area contributed by atoms with Crippen LogP contribution in [0.25, 0.3) is 0 Å². The van der Waals surface area contributed by atoms with E-state index in [1.807, 2.05) is 6.08 Å². The fourth-order valence-corrected chi connectivity index (χ4v) is 12.9. The minimum absolute atomic E-state index is 0.0145. The lowest BCUT2D eigenvalue weighted by Gasteiger charge is -2.20. The first kappa shape index (κ1) is 85.3. The molecule has 0 aromatic rings. The van der Waals surface area contributed by atoms with Crippen molar-refractivity contribution in [2.75, 3.05) is 13.2 Å². The van der Waals surface area contributed by atoms with Crippen molar-refractivity contribution >= 4 is 11.9 Å². The number of allylic oxidation sites excluding steroid dienone is 3. The molecule has 0 aliphatic heterocycles. The minimum Gasteiger partial charge on any atom is -0.466 e. The molecule has 2 unspecified atom stereocenters. The number of esters is 1. The molecule has 0 fully saturated rings. The Labute approximate surface area is 545 Å². The number of hydrogen-bond acceptors (Lipinski definition) is 5. The Bertz CT molecular complexity index is 1360. The molecule has 87 heavy (non-hydrogen) atoms. The second-order valence-corrected chi connectivity index (χ2v) is 27.8. The van der Waals surface area contributed by atoms with Gasteiger partial charge in [0.05, 0.1) is 25.4 Å². The van der Waals surface area contributed by atoms with Gasteiger partial charge in [-0.1, -0.05) is 411 Å². The highest BCUT2D eigenvalue weighted by Crippen LogP contribution is 2.20. The van der Waals surface area contributed by atoms with Crippen molar-refractivity contribution in [1.29, 1.82) is 0 Å². The molecule has 0 rings (SSSR count). The van der Waals surface area contributed by atoms with Crippen molar-refractivity contribution < 1.29 is 24.5 Å². The van der Waals surface area contributed by atoms with Gasteiger partial charge in [0.25, 0.3) is 0 Å². The van der Waals surface area contributed by atoms with Gasteiger partial charge >= 0.3 is 5.97 Å². The van der Waals surface area contributed by atoms with E-state index in [1.54, 1.807) is 6.08 Å². The van der Waals surface area contributed by atoms with Gasteiger partial charge in [-0.25, -0.2) is 0 Å². The average molecular weight is 1230 g/mol. The molecular formula is C81H157NO5. The summed E-state index contributed by atoms with van der Waals surface area (Å²) in [6.07, 6.45) is 98.9. The van der Waals surface area contributed by atoms with Gasteiger partial charge in [-0.15, -0.1) is 0 Å². The molecular weight excluding hydrogens is 1070 g/mol. The summed E-state index contributed by atoms with van der Waals surface area (Å²) in [5.74, 6) is -0.0429. The van der Waals surface area contributed by atoms with Crippen molar-refractivity contribution in [2.45, 2.75) is 469 Å². The number of aliphatic hydroxyl groups is 2. The number of unbranched alkanes of at least 4 members (excludes halogenated alkanes) is 63. The molecule has 0 aromatic carbocycles. The molecule has 0 spiro atoms. The molecule has 6 heteroatoms. The predicted molar refractivity (Wildman–Crippen MR) is 384 cm³/mol. The highest BCUT2D eigenvalue weighted by Gasteiger charge is 2.18. The quantitative estimate of drug-likeness (QED) is 0.0320. The molecule has 0 aromatic heterocycles. The third kappa shape index (κ3) is 73.3. The van der Waals surface area contributed by atoms with Crippen LogP contribution in [0.4, 0.5) is 0 Å². The first-order chi connectivity index (χ1) is 43.0. The van der Waals surface area contributed by atoms with Gasteiger partial charge in [0.1, 0.15) is 0 Å². The van der Waals surface area contributed by atoms with Crippen molar-refractivity contribution in [1.82, 2.24) is 5.32 Å². The molecule has 6 nitrogen and oxygen atoms in total. The standard InChI is InChI=1S/C81H157NO5/c1-3-5-7-9-11-13-15-17-18-19-41-44-47-50-53-57-61-65-69-73-79(84)78(77-83)82-80(85)74-70-66-62-58-54-51-48-45-42-39-37-35-33-31-29-27-25-23-21-20-22-24-26-28-30-32-34-36-38-40-43-46-49-52-56-60-64-68-72-76-87-81(86)75-71-67-63-59-55-16-14-12-10-8-6-4-2/h12,14,69,73,78-79,83-84H,3-11,13,15-68,70-72,74-77H2,1-2H3,(H,82,85)/b14-12-,73-69+. The Morgan fingerprint density at radius 2 is 0.540 bits per heavy atom.